The third kappa shape index (κ3) is 49.1. The van der Waals surface area contributed by atoms with Gasteiger partial charge < -0.3 is 30.9 Å². The van der Waals surface area contributed by atoms with Crippen molar-refractivity contribution in [3.63, 3.8) is 0 Å². The summed E-state index contributed by atoms with van der Waals surface area (Å²) in [5.41, 5.74) is 0. The molecule has 5 amide bonds. The van der Waals surface area contributed by atoms with Crippen LogP contribution in [0.4, 0.5) is 4.39 Å². The minimum atomic E-state index is -0.956. The highest BCUT2D eigenvalue weighted by Gasteiger charge is 2.23. The van der Waals surface area contributed by atoms with Crippen LogP contribution in [0.25, 0.3) is 0 Å². The molecular weight excluding hydrogens is 657 g/mol. The fourth-order valence-corrected chi connectivity index (χ4v) is 2.33. The Hall–Kier alpha value is -3.09. The van der Waals surface area contributed by atoms with Crippen molar-refractivity contribution in [1.82, 2.24) is 26.2 Å². The van der Waals surface area contributed by atoms with Crippen LogP contribution >= 0.6 is 0 Å². The first-order chi connectivity index (χ1) is 22.8. The Morgan fingerprint density at radius 2 is 1.04 bits per heavy atom. The third-order valence-electron chi connectivity index (χ3n) is 6.18. The predicted molar refractivity (Wildman–Crippen MR) is 209 cm³/mol. The number of hydrogen-bond donors (Lipinski definition) is 4. The normalized spacial score (nSPS) is 11.6. The Bertz CT molecular complexity index is 908. The molecule has 1 atom stereocenters. The van der Waals surface area contributed by atoms with Gasteiger partial charge in [0.25, 0.3) is 0 Å². The van der Waals surface area contributed by atoms with E-state index in [9.17, 15) is 33.2 Å². The third-order valence-corrected chi connectivity index (χ3v) is 6.18. The fraction of sp³-hybridized carbons (Fsp3) is 0.842. The summed E-state index contributed by atoms with van der Waals surface area (Å²) in [6, 6.07) is 0.514. The molecule has 1 rings (SSSR count). The lowest BCUT2D eigenvalue weighted by molar-refractivity contribution is -0.132. The van der Waals surface area contributed by atoms with Crippen LogP contribution < -0.4 is 21.3 Å². The van der Waals surface area contributed by atoms with Crippen LogP contribution in [-0.2, 0) is 33.5 Å². The number of rotatable bonds is 12. The Balaban J connectivity index is -0.000000120. The zero-order chi connectivity index (χ0) is 40.7. The van der Waals surface area contributed by atoms with Crippen molar-refractivity contribution in [2.75, 3.05) is 47.9 Å². The minimum Gasteiger partial charge on any atom is -0.383 e. The number of alkyl halides is 1. The Morgan fingerprint density at radius 3 is 1.24 bits per heavy atom. The topological polar surface area (TPSA) is 163 Å². The number of ketones is 1. The molecule has 0 aromatic carbocycles. The number of nitrogens with one attached hydrogen (secondary N) is 4. The first-order valence-electron chi connectivity index (χ1n) is 17.7. The van der Waals surface area contributed by atoms with E-state index in [0.29, 0.717) is 19.2 Å². The molecule has 306 valence electrons. The van der Waals surface area contributed by atoms with Crippen LogP contribution in [-0.4, -0.2) is 100 Å². The Labute approximate surface area is 311 Å². The van der Waals surface area contributed by atoms with Gasteiger partial charge in [0.2, 0.25) is 29.5 Å². The van der Waals surface area contributed by atoms with Crippen molar-refractivity contribution in [3.8, 4) is 0 Å². The second-order valence-electron chi connectivity index (χ2n) is 14.0. The summed E-state index contributed by atoms with van der Waals surface area (Å²) in [4.78, 5) is 65.4. The molecule has 0 spiro atoms. The van der Waals surface area contributed by atoms with Crippen LogP contribution in [0.1, 0.15) is 117 Å². The standard InChI is InChI=1S/C7H14FNO.C7H15NO2.C7H13NO.C6H13NO.C5H11NO.C5H10O.CH4/c1-5(2)7(10)9-4-6(3)8;1-6(2)7(9)8-4-5-10-3;1-5(2)7(9)8-6-3-4-6;1-5(2)6(8)7(3)4;1-4(2)5(7)6-3;1-4(2)5(3)6;/h5-6H,4H2,1-3H3,(H,9,10);6H,4-5H2,1-3H3,(H,8,9);5-6H,3-4H2,1-2H3,(H,8,9);5H,1-4H3;4H,1-3H3,(H,6,7);4H,1-3H3;1H4. The van der Waals surface area contributed by atoms with Gasteiger partial charge >= 0.3 is 0 Å². The van der Waals surface area contributed by atoms with E-state index in [1.165, 1.54) is 19.8 Å². The minimum absolute atomic E-state index is 0. The summed E-state index contributed by atoms with van der Waals surface area (Å²) in [6.45, 7) is 26.7. The average Bonchev–Trinajstić information content (AvgIpc) is 3.84. The number of nitrogens with zero attached hydrogens (tertiary/aromatic N) is 1. The number of carbonyl (C=O) groups is 6. The summed E-state index contributed by atoms with van der Waals surface area (Å²) >= 11 is 0. The SMILES string of the molecule is C.CC(=O)C(C)C.CC(C)C(=O)N(C)C.CC(C)C(=O)NC1CC1.CC(F)CNC(=O)C(C)C.CNC(=O)C(C)C.COCCNC(=O)C(C)C. The Morgan fingerprint density at radius 1 is 0.667 bits per heavy atom. The molecule has 0 aliphatic heterocycles. The number of hydrogen-bond acceptors (Lipinski definition) is 7. The molecule has 12 nitrogen and oxygen atoms in total. The smallest absolute Gasteiger partial charge is 0.224 e. The predicted octanol–water partition coefficient (Wildman–Crippen LogP) is 5.43. The molecule has 0 bridgehead atoms. The highest BCUT2D eigenvalue weighted by molar-refractivity contribution is 5.79. The van der Waals surface area contributed by atoms with Crippen molar-refractivity contribution < 1.29 is 37.9 Å². The molecule has 0 saturated heterocycles. The lowest BCUT2D eigenvalue weighted by atomic mass is 10.1. The van der Waals surface area contributed by atoms with E-state index >= 15 is 0 Å². The van der Waals surface area contributed by atoms with Gasteiger partial charge in [0.15, 0.2) is 0 Å². The zero-order valence-corrected chi connectivity index (χ0v) is 34.8. The molecule has 0 radical (unpaired) electrons. The molecule has 1 saturated carbocycles. The van der Waals surface area contributed by atoms with Crippen LogP contribution in [0, 0.1) is 35.5 Å². The van der Waals surface area contributed by atoms with Gasteiger partial charge in [0.1, 0.15) is 12.0 Å². The van der Waals surface area contributed by atoms with E-state index < -0.39 is 6.17 Å². The molecule has 1 aliphatic rings. The first kappa shape index (κ1) is 60.0. The molecule has 1 unspecified atom stereocenters. The molecule has 13 heteroatoms. The quantitative estimate of drug-likeness (QED) is 0.194. The lowest BCUT2D eigenvalue weighted by Crippen LogP contribution is -2.32. The maximum atomic E-state index is 12.1. The van der Waals surface area contributed by atoms with Crippen molar-refractivity contribution >= 4 is 35.3 Å². The maximum absolute atomic E-state index is 12.1. The fourth-order valence-electron chi connectivity index (χ4n) is 2.33. The van der Waals surface area contributed by atoms with Crippen molar-refractivity contribution in [1.29, 1.82) is 0 Å². The molecule has 1 aliphatic carbocycles. The van der Waals surface area contributed by atoms with Crippen LogP contribution in [0.2, 0.25) is 0 Å². The van der Waals surface area contributed by atoms with Gasteiger partial charge in [-0.2, -0.15) is 0 Å². The summed E-state index contributed by atoms with van der Waals surface area (Å²) < 4.78 is 16.9. The summed E-state index contributed by atoms with van der Waals surface area (Å²) in [6.07, 6.45) is 1.40. The number of amides is 5. The molecule has 51 heavy (non-hydrogen) atoms. The lowest BCUT2D eigenvalue weighted by Gasteiger charge is -2.11. The van der Waals surface area contributed by atoms with Gasteiger partial charge in [-0.05, 0) is 26.7 Å². The van der Waals surface area contributed by atoms with Gasteiger partial charge in [0.05, 0.1) is 6.61 Å². The second kappa shape index (κ2) is 36.7. The van der Waals surface area contributed by atoms with Crippen LogP contribution in [0.15, 0.2) is 0 Å². The van der Waals surface area contributed by atoms with Gasteiger partial charge in [-0.25, -0.2) is 4.39 Å². The van der Waals surface area contributed by atoms with Gasteiger partial charge in [-0.1, -0.05) is 90.5 Å². The number of halogens is 1. The van der Waals surface area contributed by atoms with Crippen LogP contribution in [0.5, 0.6) is 0 Å². The van der Waals surface area contributed by atoms with Gasteiger partial charge in [0, 0.05) is 82.9 Å². The van der Waals surface area contributed by atoms with Crippen LogP contribution in [0.3, 0.4) is 0 Å². The summed E-state index contributed by atoms with van der Waals surface area (Å²) in [5, 5.41) is 10.6. The van der Waals surface area contributed by atoms with E-state index in [1.807, 2.05) is 69.2 Å². The van der Waals surface area contributed by atoms with E-state index in [-0.39, 0.29) is 84.8 Å². The number of methoxy groups -OCH3 is 1. The van der Waals surface area contributed by atoms with E-state index in [0.717, 1.165) is 0 Å². The Kier molecular flexibility index (Phi) is 43.2. The average molecular weight is 738 g/mol. The number of carbonyl (C=O) groups excluding carboxylic acids is 6. The first-order valence-corrected chi connectivity index (χ1v) is 17.7. The monoisotopic (exact) mass is 738 g/mol. The van der Waals surface area contributed by atoms with E-state index in [2.05, 4.69) is 21.3 Å². The van der Waals surface area contributed by atoms with Crippen molar-refractivity contribution in [2.45, 2.75) is 129 Å². The number of ether oxygens (including phenoxy) is 1. The largest absolute Gasteiger partial charge is 0.383 e. The van der Waals surface area contributed by atoms with E-state index in [1.54, 1.807) is 53.9 Å². The molecule has 0 heterocycles. The molecule has 4 N–H and O–H groups in total. The maximum Gasteiger partial charge on any atom is 0.224 e. The summed E-state index contributed by atoms with van der Waals surface area (Å²) in [7, 11) is 6.79. The van der Waals surface area contributed by atoms with Crippen molar-refractivity contribution in [3.05, 3.63) is 0 Å². The number of Topliss-reactive ketones (excluding diaryl/α,β-unsaturated/α-hetero) is 1. The highest BCUT2D eigenvalue weighted by atomic mass is 19.1. The zero-order valence-electron chi connectivity index (χ0n) is 34.8. The van der Waals surface area contributed by atoms with Gasteiger partial charge in [-0.15, -0.1) is 0 Å². The van der Waals surface area contributed by atoms with Crippen molar-refractivity contribution in [2.24, 2.45) is 35.5 Å². The highest BCUT2D eigenvalue weighted by Crippen LogP contribution is 2.18. The molecule has 0 aromatic heterocycles. The second-order valence-corrected chi connectivity index (χ2v) is 14.0. The molecule has 1 fully saturated rings. The van der Waals surface area contributed by atoms with Gasteiger partial charge in [-0.3, -0.25) is 28.8 Å². The molecular formula is C38H80FN5O7. The van der Waals surface area contributed by atoms with E-state index in [4.69, 9.17) is 4.74 Å². The molecule has 0 aromatic rings. The summed E-state index contributed by atoms with van der Waals surface area (Å²) in [5.74, 6) is 1.33.